The van der Waals surface area contributed by atoms with Crippen LogP contribution in [0.5, 0.6) is 11.5 Å². The summed E-state index contributed by atoms with van der Waals surface area (Å²) in [5, 5.41) is 0. The van der Waals surface area contributed by atoms with Crippen LogP contribution in [0.1, 0.15) is 36.5 Å². The first kappa shape index (κ1) is 21.1. The number of hydrogen-bond donors (Lipinski definition) is 0. The Morgan fingerprint density at radius 2 is 1.59 bits per heavy atom. The predicted octanol–water partition coefficient (Wildman–Crippen LogP) is 4.64. The summed E-state index contributed by atoms with van der Waals surface area (Å²) in [7, 11) is 0. The second-order valence-electron chi connectivity index (χ2n) is 9.78. The molecule has 0 spiro atoms. The molecular weight excluding hydrogens is 430 g/mol. The number of rotatable bonds is 7. The standard InChI is InChI=1S/C28H27NO5/c1-2-3-13-33-18-7-9-19(10-8-18)34-28(32)16-5-4-6-17(14-16)29-26(30)24-20-11-12-21(23-15-22(20)23)25(24)27(29)31/h4-12,14,20-25H,2-3,13,15H2,1H3. The van der Waals surface area contributed by atoms with Crippen molar-refractivity contribution in [2.75, 3.05) is 11.5 Å². The molecule has 6 unspecified atom stereocenters. The first-order valence-electron chi connectivity index (χ1n) is 12.2. The van der Waals surface area contributed by atoms with Crippen molar-refractivity contribution in [1.82, 2.24) is 0 Å². The first-order chi connectivity index (χ1) is 16.6. The van der Waals surface area contributed by atoms with E-state index in [1.807, 2.05) is 0 Å². The van der Waals surface area contributed by atoms with E-state index >= 15 is 0 Å². The number of nitrogens with zero attached hydrogens (tertiary/aromatic N) is 1. The van der Waals surface area contributed by atoms with Crippen LogP contribution in [0.2, 0.25) is 0 Å². The van der Waals surface area contributed by atoms with Gasteiger partial charge in [-0.3, -0.25) is 9.59 Å². The van der Waals surface area contributed by atoms with Gasteiger partial charge in [-0.25, -0.2) is 9.69 Å². The van der Waals surface area contributed by atoms with Crippen molar-refractivity contribution >= 4 is 23.5 Å². The molecule has 0 N–H and O–H groups in total. The lowest BCUT2D eigenvalue weighted by atomic mass is 9.63. The smallest absolute Gasteiger partial charge is 0.343 e. The molecule has 6 heteroatoms. The van der Waals surface area contributed by atoms with Gasteiger partial charge in [-0.15, -0.1) is 0 Å². The molecule has 2 bridgehead atoms. The topological polar surface area (TPSA) is 72.9 Å². The summed E-state index contributed by atoms with van der Waals surface area (Å²) in [5.74, 6) is 1.24. The Bertz CT molecular complexity index is 1150. The lowest BCUT2D eigenvalue weighted by Gasteiger charge is -2.37. The Kier molecular flexibility index (Phi) is 5.05. The molecule has 1 heterocycles. The van der Waals surface area contributed by atoms with Crippen LogP contribution in [-0.2, 0) is 9.59 Å². The molecule has 4 aliphatic carbocycles. The van der Waals surface area contributed by atoms with E-state index in [4.69, 9.17) is 9.47 Å². The molecule has 174 valence electrons. The number of ether oxygens (including phenoxy) is 2. The lowest BCUT2D eigenvalue weighted by molar-refractivity contribution is -0.124. The highest BCUT2D eigenvalue weighted by Crippen LogP contribution is 2.65. The molecule has 2 aromatic carbocycles. The summed E-state index contributed by atoms with van der Waals surface area (Å²) >= 11 is 0. The fourth-order valence-electron chi connectivity index (χ4n) is 6.09. The number of hydrogen-bond acceptors (Lipinski definition) is 5. The molecule has 0 aromatic heterocycles. The second kappa shape index (κ2) is 8.12. The van der Waals surface area contributed by atoms with Gasteiger partial charge in [-0.2, -0.15) is 0 Å². The van der Waals surface area contributed by atoms with Gasteiger partial charge in [-0.1, -0.05) is 31.6 Å². The third kappa shape index (κ3) is 3.35. The Balaban J connectivity index is 1.17. The Morgan fingerprint density at radius 1 is 0.941 bits per heavy atom. The van der Waals surface area contributed by atoms with Crippen LogP contribution in [0.4, 0.5) is 5.69 Å². The Morgan fingerprint density at radius 3 is 2.24 bits per heavy atom. The van der Waals surface area contributed by atoms with Crippen molar-refractivity contribution in [3.63, 3.8) is 0 Å². The summed E-state index contributed by atoms with van der Waals surface area (Å²) in [6.07, 6.45) is 7.48. The molecule has 1 aliphatic heterocycles. The number of allylic oxidation sites excluding steroid dienone is 2. The molecule has 3 fully saturated rings. The predicted molar refractivity (Wildman–Crippen MR) is 125 cm³/mol. The van der Waals surface area contributed by atoms with E-state index in [-0.39, 0.29) is 35.5 Å². The van der Waals surface area contributed by atoms with E-state index in [0.717, 1.165) is 25.0 Å². The lowest BCUT2D eigenvalue weighted by Crippen LogP contribution is -2.40. The van der Waals surface area contributed by atoms with Crippen LogP contribution in [0.15, 0.2) is 60.7 Å². The summed E-state index contributed by atoms with van der Waals surface area (Å²) in [6.45, 7) is 2.75. The quantitative estimate of drug-likeness (QED) is 0.199. The minimum Gasteiger partial charge on any atom is -0.494 e. The van der Waals surface area contributed by atoms with Crippen molar-refractivity contribution in [3.05, 3.63) is 66.2 Å². The zero-order valence-corrected chi connectivity index (χ0v) is 19.1. The molecule has 2 amide bonds. The van der Waals surface area contributed by atoms with Crippen molar-refractivity contribution in [3.8, 4) is 11.5 Å². The van der Waals surface area contributed by atoms with E-state index in [9.17, 15) is 14.4 Å². The molecule has 7 rings (SSSR count). The maximum Gasteiger partial charge on any atom is 0.343 e. The van der Waals surface area contributed by atoms with Crippen LogP contribution in [0.25, 0.3) is 0 Å². The van der Waals surface area contributed by atoms with E-state index in [2.05, 4.69) is 19.1 Å². The molecule has 1 saturated heterocycles. The summed E-state index contributed by atoms with van der Waals surface area (Å²) in [6, 6.07) is 13.5. The largest absolute Gasteiger partial charge is 0.494 e. The number of unbranched alkanes of at least 4 members (excludes halogenated alkanes) is 1. The number of carbonyl (C=O) groups excluding carboxylic acids is 3. The zero-order valence-electron chi connectivity index (χ0n) is 19.1. The van der Waals surface area contributed by atoms with Crippen LogP contribution < -0.4 is 14.4 Å². The van der Waals surface area contributed by atoms with Crippen molar-refractivity contribution < 1.29 is 23.9 Å². The number of benzene rings is 2. The fraction of sp³-hybridized carbons (Fsp3) is 0.393. The van der Waals surface area contributed by atoms with Crippen LogP contribution in [0, 0.1) is 35.5 Å². The van der Waals surface area contributed by atoms with Crippen molar-refractivity contribution in [2.45, 2.75) is 26.2 Å². The van der Waals surface area contributed by atoms with E-state index in [1.54, 1.807) is 48.5 Å². The summed E-state index contributed by atoms with van der Waals surface area (Å²) in [4.78, 5) is 40.8. The minimum absolute atomic E-state index is 0.135. The highest BCUT2D eigenvalue weighted by molar-refractivity contribution is 6.23. The zero-order chi connectivity index (χ0) is 23.4. The monoisotopic (exact) mass is 457 g/mol. The molecular formula is C28H27NO5. The normalized spacial score (nSPS) is 30.2. The fourth-order valence-corrected chi connectivity index (χ4v) is 6.09. The molecule has 6 atom stereocenters. The SMILES string of the molecule is CCCCOc1ccc(OC(=O)c2cccc(N3C(=O)C4C5C=CC(C6CC56)C4C3=O)c2)cc1. The van der Waals surface area contributed by atoms with Gasteiger partial charge < -0.3 is 9.47 Å². The number of anilines is 1. The van der Waals surface area contributed by atoms with E-state index in [1.165, 1.54) is 4.90 Å². The number of esters is 1. The van der Waals surface area contributed by atoms with Crippen molar-refractivity contribution in [2.24, 2.45) is 35.5 Å². The minimum atomic E-state index is -0.541. The molecule has 2 aromatic rings. The van der Waals surface area contributed by atoms with Gasteiger partial charge in [0.2, 0.25) is 11.8 Å². The highest BCUT2D eigenvalue weighted by Gasteiger charge is 2.67. The second-order valence-corrected chi connectivity index (χ2v) is 9.78. The van der Waals surface area contributed by atoms with Gasteiger partial charge in [0.25, 0.3) is 0 Å². The first-order valence-corrected chi connectivity index (χ1v) is 12.2. The Labute approximate surface area is 198 Å². The van der Waals surface area contributed by atoms with Crippen LogP contribution in [0.3, 0.4) is 0 Å². The maximum absolute atomic E-state index is 13.3. The van der Waals surface area contributed by atoms with Crippen molar-refractivity contribution in [1.29, 1.82) is 0 Å². The van der Waals surface area contributed by atoms with Gasteiger partial charge in [0.1, 0.15) is 11.5 Å². The highest BCUT2D eigenvalue weighted by atomic mass is 16.5. The van der Waals surface area contributed by atoms with Gasteiger partial charge >= 0.3 is 5.97 Å². The summed E-state index contributed by atoms with van der Waals surface area (Å²) in [5.41, 5.74) is 0.729. The van der Waals surface area contributed by atoms with Gasteiger partial charge in [-0.05, 0) is 79.0 Å². The number of imide groups is 1. The molecule has 6 nitrogen and oxygen atoms in total. The molecule has 2 saturated carbocycles. The Hall–Kier alpha value is -3.41. The average Bonchev–Trinajstić information content (AvgIpc) is 3.63. The van der Waals surface area contributed by atoms with E-state index in [0.29, 0.717) is 35.4 Å². The van der Waals surface area contributed by atoms with Crippen LogP contribution in [-0.4, -0.2) is 24.4 Å². The average molecular weight is 458 g/mol. The third-order valence-corrected chi connectivity index (χ3v) is 7.80. The van der Waals surface area contributed by atoms with Crippen LogP contribution >= 0.6 is 0 Å². The number of carbonyl (C=O) groups is 3. The number of amides is 2. The molecule has 5 aliphatic rings. The maximum atomic E-state index is 13.3. The molecule has 34 heavy (non-hydrogen) atoms. The summed E-state index contributed by atoms with van der Waals surface area (Å²) < 4.78 is 11.2. The third-order valence-electron chi connectivity index (χ3n) is 7.80. The van der Waals surface area contributed by atoms with Gasteiger partial charge in [0, 0.05) is 0 Å². The van der Waals surface area contributed by atoms with E-state index < -0.39 is 5.97 Å². The van der Waals surface area contributed by atoms with Gasteiger partial charge in [0.15, 0.2) is 0 Å². The van der Waals surface area contributed by atoms with Gasteiger partial charge in [0.05, 0.1) is 29.7 Å². The molecule has 0 radical (unpaired) electrons.